The van der Waals surface area contributed by atoms with E-state index in [-0.39, 0.29) is 5.95 Å². The summed E-state index contributed by atoms with van der Waals surface area (Å²) < 4.78 is 0. The van der Waals surface area contributed by atoms with Crippen molar-refractivity contribution in [3.05, 3.63) is 89.4 Å². The molecule has 6 aromatic rings. The summed E-state index contributed by atoms with van der Waals surface area (Å²) >= 11 is 6.37. The zero-order chi connectivity index (χ0) is 22.2. The lowest BCUT2D eigenvalue weighted by atomic mass is 10.1. The lowest BCUT2D eigenvalue weighted by Gasteiger charge is -2.04. The molecule has 8 nitrogen and oxygen atoms in total. The van der Waals surface area contributed by atoms with Gasteiger partial charge in [0.2, 0.25) is 0 Å². The van der Waals surface area contributed by atoms with Crippen molar-refractivity contribution in [1.82, 2.24) is 30.2 Å². The first-order valence-electron chi connectivity index (χ1n) is 10.2. The molecule has 4 aromatic carbocycles. The van der Waals surface area contributed by atoms with Crippen molar-refractivity contribution in [2.24, 2.45) is 5.10 Å². The van der Waals surface area contributed by atoms with Crippen molar-refractivity contribution in [2.75, 3.05) is 5.43 Å². The van der Waals surface area contributed by atoms with E-state index >= 15 is 0 Å². The van der Waals surface area contributed by atoms with E-state index in [1.807, 2.05) is 72.8 Å². The van der Waals surface area contributed by atoms with Gasteiger partial charge in [-0.25, -0.2) is 10.4 Å². The molecule has 0 atom stereocenters. The van der Waals surface area contributed by atoms with Crippen LogP contribution in [0.4, 0.5) is 5.95 Å². The number of anilines is 1. The summed E-state index contributed by atoms with van der Waals surface area (Å²) in [5.74, 6) is 0.290. The molecule has 1 N–H and O–H groups in total. The quantitative estimate of drug-likeness (QED) is 0.230. The highest BCUT2D eigenvalue weighted by Crippen LogP contribution is 2.32. The summed E-state index contributed by atoms with van der Waals surface area (Å²) in [6, 6.07) is 25.1. The van der Waals surface area contributed by atoms with Gasteiger partial charge in [-0.15, -0.1) is 25.2 Å². The molecule has 0 aliphatic heterocycles. The van der Waals surface area contributed by atoms with Gasteiger partial charge in [-0.1, -0.05) is 78.3 Å². The molecule has 0 spiro atoms. The second-order valence-corrected chi connectivity index (χ2v) is 7.70. The third kappa shape index (κ3) is 3.42. The Balaban J connectivity index is 1.50. The minimum atomic E-state index is 0.290. The van der Waals surface area contributed by atoms with Gasteiger partial charge in [0.1, 0.15) is 27.8 Å². The first kappa shape index (κ1) is 19.3. The van der Waals surface area contributed by atoms with Crippen LogP contribution in [0.2, 0.25) is 5.02 Å². The van der Waals surface area contributed by atoms with Gasteiger partial charge in [0.15, 0.2) is 0 Å². The van der Waals surface area contributed by atoms with Crippen molar-refractivity contribution in [1.29, 1.82) is 0 Å². The number of hydrogen-bond acceptors (Lipinski definition) is 7. The van der Waals surface area contributed by atoms with Crippen LogP contribution in [-0.2, 0) is 0 Å². The van der Waals surface area contributed by atoms with E-state index in [2.05, 4.69) is 30.8 Å². The molecular weight excluding hydrogens is 436 g/mol. The van der Waals surface area contributed by atoms with Gasteiger partial charge in [0, 0.05) is 10.8 Å². The van der Waals surface area contributed by atoms with E-state index in [4.69, 9.17) is 16.7 Å². The fraction of sp³-hybridized carbons (Fsp3) is 0. The van der Waals surface area contributed by atoms with Gasteiger partial charge in [-0.3, -0.25) is 0 Å². The Bertz CT molecular complexity index is 1660. The minimum Gasteiger partial charge on any atom is -0.244 e. The maximum Gasteiger partial charge on any atom is 0.263 e. The van der Waals surface area contributed by atoms with Crippen molar-refractivity contribution < 1.29 is 0 Å². The molecule has 0 unspecified atom stereocenters. The molecule has 158 valence electrons. The summed E-state index contributed by atoms with van der Waals surface area (Å²) in [6.45, 7) is 0. The lowest BCUT2D eigenvalue weighted by molar-refractivity contribution is 0.766. The molecule has 0 aliphatic carbocycles. The molecular formula is C24H15ClN8. The molecule has 2 heterocycles. The van der Waals surface area contributed by atoms with E-state index < -0.39 is 0 Å². The summed E-state index contributed by atoms with van der Waals surface area (Å²) in [6.07, 6.45) is 1.70. The molecule has 0 aliphatic rings. The van der Waals surface area contributed by atoms with Crippen molar-refractivity contribution in [3.63, 3.8) is 0 Å². The second kappa shape index (κ2) is 7.92. The van der Waals surface area contributed by atoms with E-state index in [1.54, 1.807) is 12.3 Å². The number of hydrogen-bond donors (Lipinski definition) is 1. The third-order valence-electron chi connectivity index (χ3n) is 5.21. The number of rotatable bonds is 4. The van der Waals surface area contributed by atoms with Gasteiger partial charge < -0.3 is 0 Å². The molecule has 0 bridgehead atoms. The van der Waals surface area contributed by atoms with Gasteiger partial charge >= 0.3 is 0 Å². The van der Waals surface area contributed by atoms with Crippen molar-refractivity contribution in [3.8, 4) is 5.69 Å². The van der Waals surface area contributed by atoms with Gasteiger partial charge in [0.05, 0.1) is 11.2 Å². The Kier molecular flexibility index (Phi) is 4.63. The van der Waals surface area contributed by atoms with Gasteiger partial charge in [-0.05, 0) is 17.7 Å². The average molecular weight is 451 g/mol. The predicted octanol–water partition coefficient (Wildman–Crippen LogP) is 5.01. The van der Waals surface area contributed by atoms with E-state index in [9.17, 15) is 0 Å². The number of aromatic nitrogens is 6. The molecule has 2 aromatic heterocycles. The highest BCUT2D eigenvalue weighted by atomic mass is 35.5. The van der Waals surface area contributed by atoms with Crippen molar-refractivity contribution >= 4 is 56.6 Å². The van der Waals surface area contributed by atoms with Crippen LogP contribution in [0.1, 0.15) is 5.56 Å². The van der Waals surface area contributed by atoms with Gasteiger partial charge in [-0.2, -0.15) is 5.10 Å². The molecule has 33 heavy (non-hydrogen) atoms. The SMILES string of the molecule is Clc1ccccc1-n1nc2c3ccccc3c3nc(N/N=C/c4ccccc4)nnc3c2n1. The second-order valence-electron chi connectivity index (χ2n) is 7.30. The van der Waals surface area contributed by atoms with E-state index in [1.165, 1.54) is 4.80 Å². The Morgan fingerprint density at radius 3 is 2.24 bits per heavy atom. The van der Waals surface area contributed by atoms with E-state index in [0.29, 0.717) is 32.8 Å². The number of halogens is 1. The average Bonchev–Trinajstić information content (AvgIpc) is 3.31. The zero-order valence-electron chi connectivity index (χ0n) is 17.1. The number of hydrazone groups is 1. The summed E-state index contributed by atoms with van der Waals surface area (Å²) in [4.78, 5) is 6.21. The monoisotopic (exact) mass is 450 g/mol. The summed E-state index contributed by atoms with van der Waals surface area (Å²) in [7, 11) is 0. The topological polar surface area (TPSA) is 93.8 Å². The largest absolute Gasteiger partial charge is 0.263 e. The Morgan fingerprint density at radius 1 is 0.727 bits per heavy atom. The van der Waals surface area contributed by atoms with E-state index in [0.717, 1.165) is 16.3 Å². The van der Waals surface area contributed by atoms with Crippen LogP contribution in [0.25, 0.3) is 38.5 Å². The molecule has 0 saturated heterocycles. The Hall–Kier alpha value is -4.43. The maximum absolute atomic E-state index is 6.37. The number of benzene rings is 4. The number of fused-ring (bicyclic) bond motifs is 6. The smallest absolute Gasteiger partial charge is 0.244 e. The first-order chi connectivity index (χ1) is 16.3. The van der Waals surface area contributed by atoms with Crippen molar-refractivity contribution in [2.45, 2.75) is 0 Å². The highest BCUT2D eigenvalue weighted by molar-refractivity contribution is 6.32. The van der Waals surface area contributed by atoms with Crippen LogP contribution in [0.3, 0.4) is 0 Å². The maximum atomic E-state index is 6.37. The summed E-state index contributed by atoms with van der Waals surface area (Å²) in [5.41, 5.74) is 7.03. The fourth-order valence-electron chi connectivity index (χ4n) is 3.69. The highest BCUT2D eigenvalue weighted by Gasteiger charge is 2.18. The molecule has 9 heteroatoms. The standard InChI is InChI=1S/C24H15ClN8/c25-18-12-6-7-13-19(18)33-31-21-17-11-5-4-10-16(17)20-22(23(21)32-33)28-30-24(27-20)29-26-14-15-8-2-1-3-9-15/h1-14H,(H,27,29,30)/b26-14+. The number of para-hydroxylation sites is 1. The fourth-order valence-corrected chi connectivity index (χ4v) is 3.90. The molecule has 0 radical (unpaired) electrons. The molecule has 0 fully saturated rings. The van der Waals surface area contributed by atoms with Crippen LogP contribution in [0.5, 0.6) is 0 Å². The molecule has 6 rings (SSSR count). The van der Waals surface area contributed by atoms with Gasteiger partial charge in [0.25, 0.3) is 5.95 Å². The summed E-state index contributed by atoms with van der Waals surface area (Å²) in [5, 5.41) is 24.6. The van der Waals surface area contributed by atoms with Crippen LogP contribution in [-0.4, -0.2) is 36.4 Å². The normalized spacial score (nSPS) is 11.7. The van der Waals surface area contributed by atoms with Crippen LogP contribution < -0.4 is 5.43 Å². The number of nitrogens with zero attached hydrogens (tertiary/aromatic N) is 7. The molecule has 0 saturated carbocycles. The third-order valence-corrected chi connectivity index (χ3v) is 5.53. The Morgan fingerprint density at radius 2 is 1.42 bits per heavy atom. The van der Waals surface area contributed by atoms with Crippen LogP contribution >= 0.6 is 11.6 Å². The van der Waals surface area contributed by atoms with Crippen LogP contribution in [0.15, 0.2) is 84.0 Å². The minimum absolute atomic E-state index is 0.290. The zero-order valence-corrected chi connectivity index (χ0v) is 17.8. The molecule has 0 amide bonds. The van der Waals surface area contributed by atoms with Crippen LogP contribution in [0, 0.1) is 0 Å². The Labute approximate surface area is 192 Å². The number of nitrogens with one attached hydrogen (secondary N) is 1. The lowest BCUT2D eigenvalue weighted by Crippen LogP contribution is -2.00. The predicted molar refractivity (Wildman–Crippen MR) is 130 cm³/mol. The first-order valence-corrected chi connectivity index (χ1v) is 10.6.